The van der Waals surface area contributed by atoms with Crippen molar-refractivity contribution in [2.75, 3.05) is 6.54 Å². The van der Waals surface area contributed by atoms with Crippen LogP contribution in [0.1, 0.15) is 46.2 Å². The number of benzene rings is 1. The molecule has 20 heavy (non-hydrogen) atoms. The van der Waals surface area contributed by atoms with E-state index in [1.165, 1.54) is 5.56 Å². The molecule has 2 N–H and O–H groups in total. The zero-order valence-corrected chi connectivity index (χ0v) is 13.3. The van der Waals surface area contributed by atoms with Gasteiger partial charge in [0.05, 0.1) is 6.54 Å². The van der Waals surface area contributed by atoms with E-state index in [9.17, 15) is 4.79 Å². The maximum atomic E-state index is 11.9. The molecule has 1 rings (SSSR count). The van der Waals surface area contributed by atoms with Crippen LogP contribution in [0.4, 0.5) is 0 Å². The molecule has 0 spiro atoms. The van der Waals surface area contributed by atoms with E-state index < -0.39 is 0 Å². The second-order valence-corrected chi connectivity index (χ2v) is 6.11. The minimum atomic E-state index is 0.0628. The van der Waals surface area contributed by atoms with Crippen LogP contribution >= 0.6 is 0 Å². The molecule has 0 saturated heterocycles. The fourth-order valence-electron chi connectivity index (χ4n) is 2.07. The summed E-state index contributed by atoms with van der Waals surface area (Å²) >= 11 is 0. The van der Waals surface area contributed by atoms with Crippen molar-refractivity contribution in [3.63, 3.8) is 0 Å². The van der Waals surface area contributed by atoms with Gasteiger partial charge in [-0.15, -0.1) is 0 Å². The van der Waals surface area contributed by atoms with Crippen molar-refractivity contribution in [1.82, 2.24) is 10.6 Å². The van der Waals surface area contributed by atoms with Gasteiger partial charge in [-0.2, -0.15) is 0 Å². The van der Waals surface area contributed by atoms with Crippen molar-refractivity contribution in [3.05, 3.63) is 35.9 Å². The summed E-state index contributed by atoms with van der Waals surface area (Å²) in [5, 5.41) is 6.39. The van der Waals surface area contributed by atoms with Crippen LogP contribution in [0.5, 0.6) is 0 Å². The van der Waals surface area contributed by atoms with Gasteiger partial charge in [-0.25, -0.2) is 0 Å². The number of hydrogen-bond acceptors (Lipinski definition) is 2. The highest BCUT2D eigenvalue weighted by molar-refractivity contribution is 5.78. The van der Waals surface area contributed by atoms with Gasteiger partial charge in [-0.05, 0) is 24.3 Å². The van der Waals surface area contributed by atoms with E-state index in [4.69, 9.17) is 0 Å². The Morgan fingerprint density at radius 1 is 1.00 bits per heavy atom. The van der Waals surface area contributed by atoms with Gasteiger partial charge >= 0.3 is 0 Å². The molecule has 0 fully saturated rings. The molecule has 0 aliphatic carbocycles. The topological polar surface area (TPSA) is 41.1 Å². The first-order valence-electron chi connectivity index (χ1n) is 7.49. The summed E-state index contributed by atoms with van der Waals surface area (Å²) in [5.74, 6) is 0.953. The Morgan fingerprint density at radius 2 is 1.60 bits per heavy atom. The van der Waals surface area contributed by atoms with Crippen LogP contribution in [-0.4, -0.2) is 18.5 Å². The first-order chi connectivity index (χ1) is 9.41. The summed E-state index contributed by atoms with van der Waals surface area (Å²) in [5.41, 5.74) is 1.23. The molecule has 0 aromatic heterocycles. The Morgan fingerprint density at radius 3 is 2.10 bits per heavy atom. The minimum Gasteiger partial charge on any atom is -0.352 e. The third kappa shape index (κ3) is 5.33. The van der Waals surface area contributed by atoms with Crippen molar-refractivity contribution < 1.29 is 4.79 Å². The second kappa shape index (κ2) is 8.05. The SMILES string of the molecule is CC(C)C(C)NC(=O)CNC(c1ccccc1)C(C)C. The molecule has 0 bridgehead atoms. The molecular formula is C17H28N2O. The zero-order valence-electron chi connectivity index (χ0n) is 13.3. The predicted octanol–water partition coefficient (Wildman–Crippen LogP) is 3.13. The lowest BCUT2D eigenvalue weighted by Gasteiger charge is -2.24. The third-order valence-corrected chi connectivity index (χ3v) is 3.70. The van der Waals surface area contributed by atoms with Gasteiger partial charge in [0.1, 0.15) is 0 Å². The Labute approximate surface area is 123 Å². The maximum absolute atomic E-state index is 11.9. The van der Waals surface area contributed by atoms with Gasteiger partial charge in [-0.3, -0.25) is 4.79 Å². The largest absolute Gasteiger partial charge is 0.352 e. The monoisotopic (exact) mass is 276 g/mol. The van der Waals surface area contributed by atoms with Crippen molar-refractivity contribution in [1.29, 1.82) is 0 Å². The van der Waals surface area contributed by atoms with Crippen LogP contribution < -0.4 is 10.6 Å². The highest BCUT2D eigenvalue weighted by Gasteiger charge is 2.17. The average molecular weight is 276 g/mol. The van der Waals surface area contributed by atoms with Crippen molar-refractivity contribution in [3.8, 4) is 0 Å². The van der Waals surface area contributed by atoms with E-state index in [2.05, 4.69) is 50.5 Å². The van der Waals surface area contributed by atoms with E-state index >= 15 is 0 Å². The summed E-state index contributed by atoms with van der Waals surface area (Å²) in [7, 11) is 0. The molecule has 0 aliphatic rings. The lowest BCUT2D eigenvalue weighted by atomic mass is 9.96. The molecule has 0 heterocycles. The number of rotatable bonds is 7. The van der Waals surface area contributed by atoms with Gasteiger partial charge in [0.15, 0.2) is 0 Å². The molecular weight excluding hydrogens is 248 g/mol. The molecule has 2 unspecified atom stereocenters. The van der Waals surface area contributed by atoms with Crippen LogP contribution in [0.25, 0.3) is 0 Å². The van der Waals surface area contributed by atoms with Crippen LogP contribution in [0, 0.1) is 11.8 Å². The molecule has 0 saturated carbocycles. The maximum Gasteiger partial charge on any atom is 0.234 e. The first-order valence-corrected chi connectivity index (χ1v) is 7.49. The predicted molar refractivity (Wildman–Crippen MR) is 84.5 cm³/mol. The summed E-state index contributed by atoms with van der Waals surface area (Å²) in [6, 6.07) is 10.7. The zero-order chi connectivity index (χ0) is 15.1. The van der Waals surface area contributed by atoms with Gasteiger partial charge in [0, 0.05) is 12.1 Å². The van der Waals surface area contributed by atoms with E-state index in [1.54, 1.807) is 0 Å². The molecule has 112 valence electrons. The molecule has 3 heteroatoms. The fourth-order valence-corrected chi connectivity index (χ4v) is 2.07. The van der Waals surface area contributed by atoms with Crippen molar-refractivity contribution in [2.45, 2.75) is 46.7 Å². The van der Waals surface area contributed by atoms with Crippen LogP contribution in [0.2, 0.25) is 0 Å². The van der Waals surface area contributed by atoms with E-state index in [1.807, 2.05) is 25.1 Å². The van der Waals surface area contributed by atoms with Gasteiger partial charge < -0.3 is 10.6 Å². The lowest BCUT2D eigenvalue weighted by molar-refractivity contribution is -0.121. The molecule has 1 amide bonds. The van der Waals surface area contributed by atoms with Crippen LogP contribution in [-0.2, 0) is 4.79 Å². The first kappa shape index (κ1) is 16.7. The molecule has 3 nitrogen and oxygen atoms in total. The Kier molecular flexibility index (Phi) is 6.73. The number of nitrogens with one attached hydrogen (secondary N) is 2. The van der Waals surface area contributed by atoms with E-state index in [0.29, 0.717) is 18.4 Å². The summed E-state index contributed by atoms with van der Waals surface area (Å²) in [6.07, 6.45) is 0. The Balaban J connectivity index is 2.54. The smallest absolute Gasteiger partial charge is 0.234 e. The number of amides is 1. The minimum absolute atomic E-state index is 0.0628. The fraction of sp³-hybridized carbons (Fsp3) is 0.588. The normalized spacial score (nSPS) is 14.3. The number of carbonyl (C=O) groups is 1. The van der Waals surface area contributed by atoms with Crippen LogP contribution in [0.3, 0.4) is 0 Å². The quantitative estimate of drug-likeness (QED) is 0.803. The summed E-state index contributed by atoms with van der Waals surface area (Å²) in [6.45, 7) is 11.0. The molecule has 0 radical (unpaired) electrons. The highest BCUT2D eigenvalue weighted by Crippen LogP contribution is 2.20. The molecule has 1 aromatic carbocycles. The third-order valence-electron chi connectivity index (χ3n) is 3.70. The molecule has 2 atom stereocenters. The van der Waals surface area contributed by atoms with E-state index in [-0.39, 0.29) is 18.0 Å². The number of carbonyl (C=O) groups excluding carboxylic acids is 1. The standard InChI is InChI=1S/C17H28N2O/c1-12(2)14(5)19-16(20)11-18-17(13(3)4)15-9-7-6-8-10-15/h6-10,12-14,17-18H,11H2,1-5H3,(H,19,20). The van der Waals surface area contributed by atoms with Crippen LogP contribution in [0.15, 0.2) is 30.3 Å². The summed E-state index contributed by atoms with van der Waals surface area (Å²) in [4.78, 5) is 11.9. The van der Waals surface area contributed by atoms with Gasteiger partial charge in [-0.1, -0.05) is 58.0 Å². The lowest BCUT2D eigenvalue weighted by Crippen LogP contribution is -2.42. The van der Waals surface area contributed by atoms with E-state index in [0.717, 1.165) is 0 Å². The Bertz CT molecular complexity index is 401. The Hall–Kier alpha value is -1.35. The molecule has 0 aliphatic heterocycles. The average Bonchev–Trinajstić information content (AvgIpc) is 2.39. The van der Waals surface area contributed by atoms with Crippen molar-refractivity contribution >= 4 is 5.91 Å². The van der Waals surface area contributed by atoms with Gasteiger partial charge in [0.25, 0.3) is 0 Å². The summed E-state index contributed by atoms with van der Waals surface area (Å²) < 4.78 is 0. The van der Waals surface area contributed by atoms with Gasteiger partial charge in [0.2, 0.25) is 5.91 Å². The van der Waals surface area contributed by atoms with Crippen molar-refractivity contribution in [2.24, 2.45) is 11.8 Å². The molecule has 1 aromatic rings. The second-order valence-electron chi connectivity index (χ2n) is 6.11. The highest BCUT2D eigenvalue weighted by atomic mass is 16.1. The number of hydrogen-bond donors (Lipinski definition) is 2.